The molecule has 1 fully saturated rings. The minimum Gasteiger partial charge on any atom is -0.388 e. The van der Waals surface area contributed by atoms with Crippen LogP contribution in [0.5, 0.6) is 0 Å². The van der Waals surface area contributed by atoms with Crippen LogP contribution in [0.25, 0.3) is 16.8 Å². The molecule has 34 heavy (non-hydrogen) atoms. The number of carbonyl (C=O) groups is 1. The molecule has 2 aromatic heterocycles. The van der Waals surface area contributed by atoms with Crippen LogP contribution >= 0.6 is 11.6 Å². The number of nitrogens with zero attached hydrogens (tertiary/aromatic N) is 3. The molecule has 2 heterocycles. The zero-order chi connectivity index (χ0) is 24.0. The summed E-state index contributed by atoms with van der Waals surface area (Å²) >= 11 is 6.19. The van der Waals surface area contributed by atoms with E-state index < -0.39 is 29.1 Å². The molecule has 7 nitrogen and oxygen atoms in total. The van der Waals surface area contributed by atoms with Crippen LogP contribution in [0.15, 0.2) is 54.7 Å². The van der Waals surface area contributed by atoms with Crippen molar-refractivity contribution in [1.29, 1.82) is 0 Å². The number of nitrogens with two attached hydrogens (primary N) is 1. The molecular formula is C24H20ClF2N5O2. The highest BCUT2D eigenvalue weighted by atomic mass is 35.5. The van der Waals surface area contributed by atoms with Crippen molar-refractivity contribution in [3.8, 4) is 11.1 Å². The zero-order valence-corrected chi connectivity index (χ0v) is 18.6. The number of carbonyl (C=O) groups excluding carboxylic acids is 1. The summed E-state index contributed by atoms with van der Waals surface area (Å²) in [5, 5.41) is 17.5. The standard InChI is InChI=1S/C24H20ClF2N5O2/c25-17-6-5-16(14-7-10-32-18(11-14)30-23(28)31-32)20(27)19(17)22(34)29-12-24(8-9-24)21(33)13-1-3-15(26)4-2-13/h1-7,10-11,21,33H,8-9,12H2,(H2,28,31)(H,29,34)/t21-/m1/s1. The van der Waals surface area contributed by atoms with Gasteiger partial charge in [-0.05, 0) is 60.4 Å². The molecule has 5 rings (SSSR count). The molecule has 4 N–H and O–H groups in total. The number of pyridine rings is 1. The molecule has 174 valence electrons. The van der Waals surface area contributed by atoms with E-state index in [1.165, 1.54) is 40.9 Å². The SMILES string of the molecule is Nc1nc2cc(-c3ccc(Cl)c(C(=O)NCC4([C@H](O)c5ccc(F)cc5)CC4)c3F)ccn2n1. The van der Waals surface area contributed by atoms with Crippen molar-refractivity contribution in [3.63, 3.8) is 0 Å². The van der Waals surface area contributed by atoms with Crippen LogP contribution in [0, 0.1) is 17.0 Å². The van der Waals surface area contributed by atoms with Gasteiger partial charge >= 0.3 is 0 Å². The minimum atomic E-state index is -0.887. The molecule has 0 spiro atoms. The number of benzene rings is 2. The summed E-state index contributed by atoms with van der Waals surface area (Å²) in [4.78, 5) is 17.0. The maximum Gasteiger partial charge on any atom is 0.255 e. The van der Waals surface area contributed by atoms with E-state index in [1.807, 2.05) is 0 Å². The fourth-order valence-corrected chi connectivity index (χ4v) is 4.33. The van der Waals surface area contributed by atoms with E-state index in [4.69, 9.17) is 17.3 Å². The summed E-state index contributed by atoms with van der Waals surface area (Å²) in [5.41, 5.74) is 6.38. The first-order chi connectivity index (χ1) is 16.3. The van der Waals surface area contributed by atoms with Crippen LogP contribution in [-0.4, -0.2) is 32.2 Å². The number of anilines is 1. The number of fused-ring (bicyclic) bond motifs is 1. The van der Waals surface area contributed by atoms with Crippen LogP contribution in [0.4, 0.5) is 14.7 Å². The lowest BCUT2D eigenvalue weighted by atomic mass is 9.92. The highest BCUT2D eigenvalue weighted by Crippen LogP contribution is 2.54. The topological polar surface area (TPSA) is 106 Å². The van der Waals surface area contributed by atoms with Gasteiger partial charge in [0, 0.05) is 23.7 Å². The highest BCUT2D eigenvalue weighted by Gasteiger charge is 2.49. The van der Waals surface area contributed by atoms with Gasteiger partial charge in [-0.25, -0.2) is 13.3 Å². The quantitative estimate of drug-likeness (QED) is 0.382. The van der Waals surface area contributed by atoms with Crippen LogP contribution in [0.2, 0.25) is 5.02 Å². The van der Waals surface area contributed by atoms with Gasteiger partial charge in [0.1, 0.15) is 11.6 Å². The molecule has 1 aliphatic carbocycles. The van der Waals surface area contributed by atoms with Gasteiger partial charge in [-0.3, -0.25) is 4.79 Å². The van der Waals surface area contributed by atoms with E-state index in [9.17, 15) is 14.3 Å². The summed E-state index contributed by atoms with van der Waals surface area (Å²) in [7, 11) is 0. The number of hydrogen-bond acceptors (Lipinski definition) is 5. The molecule has 0 unspecified atom stereocenters. The molecule has 2 aromatic carbocycles. The summed E-state index contributed by atoms with van der Waals surface area (Å²) in [6, 6.07) is 11.8. The molecule has 1 aliphatic rings. The Bertz CT molecular complexity index is 1400. The molecular weight excluding hydrogens is 464 g/mol. The van der Waals surface area contributed by atoms with E-state index in [1.54, 1.807) is 18.3 Å². The molecule has 1 atom stereocenters. The summed E-state index contributed by atoms with van der Waals surface area (Å²) in [6.07, 6.45) is 2.05. The Balaban J connectivity index is 1.38. The van der Waals surface area contributed by atoms with Crippen molar-refractivity contribution in [2.24, 2.45) is 5.41 Å². The average molecular weight is 484 g/mol. The first kappa shape index (κ1) is 22.2. The predicted octanol–water partition coefficient (Wildman–Crippen LogP) is 4.15. The van der Waals surface area contributed by atoms with Gasteiger partial charge in [0.2, 0.25) is 5.95 Å². The minimum absolute atomic E-state index is 0.0320. The number of aromatic nitrogens is 3. The molecule has 0 bridgehead atoms. The molecule has 0 radical (unpaired) electrons. The van der Waals surface area contributed by atoms with Gasteiger partial charge in [0.15, 0.2) is 5.65 Å². The predicted molar refractivity (Wildman–Crippen MR) is 123 cm³/mol. The summed E-state index contributed by atoms with van der Waals surface area (Å²) < 4.78 is 30.1. The van der Waals surface area contributed by atoms with E-state index >= 15 is 4.39 Å². The third kappa shape index (κ3) is 3.97. The number of hydrogen-bond donors (Lipinski definition) is 3. The second-order valence-electron chi connectivity index (χ2n) is 8.47. The largest absolute Gasteiger partial charge is 0.388 e. The number of aliphatic hydroxyl groups is 1. The van der Waals surface area contributed by atoms with Crippen molar-refractivity contribution >= 4 is 29.1 Å². The number of halogens is 3. The van der Waals surface area contributed by atoms with Gasteiger partial charge in [0.05, 0.1) is 16.7 Å². The Morgan fingerprint density at radius 2 is 1.94 bits per heavy atom. The van der Waals surface area contributed by atoms with Crippen molar-refractivity contribution in [2.45, 2.75) is 18.9 Å². The fourth-order valence-electron chi connectivity index (χ4n) is 4.10. The molecule has 4 aromatic rings. The molecule has 1 amide bonds. The lowest BCUT2D eigenvalue weighted by Crippen LogP contribution is -2.34. The fraction of sp³-hybridized carbons (Fsp3) is 0.208. The Kier molecular flexibility index (Phi) is 5.45. The first-order valence-corrected chi connectivity index (χ1v) is 11.0. The van der Waals surface area contributed by atoms with E-state index in [0.717, 1.165) is 0 Å². The third-order valence-corrected chi connectivity index (χ3v) is 6.56. The van der Waals surface area contributed by atoms with Gasteiger partial charge in [-0.15, -0.1) is 5.10 Å². The van der Waals surface area contributed by atoms with Crippen LogP contribution in [0.3, 0.4) is 0 Å². The van der Waals surface area contributed by atoms with Gasteiger partial charge in [-0.1, -0.05) is 23.7 Å². The Morgan fingerprint density at radius 3 is 2.65 bits per heavy atom. The van der Waals surface area contributed by atoms with E-state index in [0.29, 0.717) is 29.6 Å². The monoisotopic (exact) mass is 483 g/mol. The van der Waals surface area contributed by atoms with Crippen molar-refractivity contribution < 1.29 is 18.7 Å². The second kappa shape index (κ2) is 8.34. The second-order valence-corrected chi connectivity index (χ2v) is 8.88. The van der Waals surface area contributed by atoms with Gasteiger partial charge in [0.25, 0.3) is 5.91 Å². The van der Waals surface area contributed by atoms with Gasteiger partial charge < -0.3 is 16.2 Å². The highest BCUT2D eigenvalue weighted by molar-refractivity contribution is 6.34. The Hall–Kier alpha value is -3.56. The normalized spacial score (nSPS) is 15.3. The van der Waals surface area contributed by atoms with Crippen LogP contribution in [-0.2, 0) is 0 Å². The van der Waals surface area contributed by atoms with Crippen molar-refractivity contribution in [3.05, 3.63) is 82.5 Å². The van der Waals surface area contributed by atoms with Crippen molar-refractivity contribution in [1.82, 2.24) is 19.9 Å². The van der Waals surface area contributed by atoms with Gasteiger partial charge in [-0.2, -0.15) is 4.98 Å². The lowest BCUT2D eigenvalue weighted by Gasteiger charge is -2.23. The molecule has 10 heteroatoms. The Morgan fingerprint density at radius 1 is 1.21 bits per heavy atom. The van der Waals surface area contributed by atoms with E-state index in [2.05, 4.69) is 15.4 Å². The number of aliphatic hydroxyl groups excluding tert-OH is 1. The summed E-state index contributed by atoms with van der Waals surface area (Å²) in [5.74, 6) is -1.77. The van der Waals surface area contributed by atoms with Crippen LogP contribution < -0.4 is 11.1 Å². The smallest absolute Gasteiger partial charge is 0.255 e. The molecule has 0 saturated heterocycles. The average Bonchev–Trinajstić information content (AvgIpc) is 3.51. The number of nitrogen functional groups attached to an aromatic ring is 1. The zero-order valence-electron chi connectivity index (χ0n) is 17.8. The molecule has 0 aliphatic heterocycles. The lowest BCUT2D eigenvalue weighted by molar-refractivity contribution is 0.0805. The maximum absolute atomic E-state index is 15.5. The Labute approximate surface area is 198 Å². The molecule has 1 saturated carbocycles. The van der Waals surface area contributed by atoms with Crippen molar-refractivity contribution in [2.75, 3.05) is 12.3 Å². The first-order valence-electron chi connectivity index (χ1n) is 10.6. The van der Waals surface area contributed by atoms with E-state index in [-0.39, 0.29) is 28.6 Å². The number of amides is 1. The third-order valence-electron chi connectivity index (χ3n) is 6.24. The maximum atomic E-state index is 15.5. The number of rotatable bonds is 6. The van der Waals surface area contributed by atoms with Crippen LogP contribution in [0.1, 0.15) is 34.9 Å². The number of nitrogens with one attached hydrogen (secondary N) is 1. The summed E-state index contributed by atoms with van der Waals surface area (Å²) in [6.45, 7) is 0.120.